The topological polar surface area (TPSA) is 34.6 Å². The maximum atomic E-state index is 4.52. The molecule has 8 rings (SSSR count). The molecule has 0 atom stereocenters. The Bertz CT molecular complexity index is 2210. The summed E-state index contributed by atoms with van der Waals surface area (Å²) in [5.74, 6) is 0.591. The number of nitrogens with zero attached hydrogens (tertiary/aromatic N) is 4. The van der Waals surface area contributed by atoms with Crippen molar-refractivity contribution in [2.75, 3.05) is 0 Å². The van der Waals surface area contributed by atoms with E-state index in [-0.39, 0.29) is 20.1 Å². The predicted molar refractivity (Wildman–Crippen MR) is 201 cm³/mol. The van der Waals surface area contributed by atoms with Crippen molar-refractivity contribution >= 4 is 21.8 Å². The molecule has 4 heterocycles. The molecule has 0 unspecified atom stereocenters. The third-order valence-corrected chi connectivity index (χ3v) is 8.02. The van der Waals surface area contributed by atoms with Crippen LogP contribution in [0.5, 0.6) is 0 Å². The van der Waals surface area contributed by atoms with Crippen molar-refractivity contribution in [1.29, 1.82) is 0 Å². The SMILES string of the molecule is Cc1ccnc(-c2[c-]cc3c4ccccc4n(CC(C)C)c3c2)c1.[CH2-][n+]1ccccc1-c1[c-]cccc1.[Ir].[c-]1ccccc1-c1ccccn1. The van der Waals surface area contributed by atoms with Crippen LogP contribution in [-0.4, -0.2) is 14.5 Å². The van der Waals surface area contributed by atoms with Gasteiger partial charge in [-0.25, -0.2) is 0 Å². The molecule has 0 aliphatic rings. The Morgan fingerprint density at radius 1 is 0.660 bits per heavy atom. The summed E-state index contributed by atoms with van der Waals surface area (Å²) in [4.78, 5) is 8.74. The first-order valence-electron chi connectivity index (χ1n) is 16.5. The molecule has 0 bridgehead atoms. The van der Waals surface area contributed by atoms with E-state index in [4.69, 9.17) is 0 Å². The molecule has 0 saturated carbocycles. The minimum atomic E-state index is 0. The van der Waals surface area contributed by atoms with Gasteiger partial charge in [-0.05, 0) is 59.4 Å². The molecule has 0 saturated heterocycles. The van der Waals surface area contributed by atoms with Gasteiger partial charge in [-0.2, -0.15) is 0 Å². The summed E-state index contributed by atoms with van der Waals surface area (Å²) in [5.41, 5.74) is 9.97. The minimum Gasteiger partial charge on any atom is -0.358 e. The third kappa shape index (κ3) is 8.81. The standard InChI is InChI=1S/C22H21N2.C12H10N.C11H8N.Ir/c1-15(2)14-24-21-7-5-4-6-18(21)19-9-8-17(13-22(19)24)20-12-16(3)10-11-23-20;1-13-10-6-5-9-12(13)11-7-3-2-4-8-11;1-2-6-10(7-3-1)11-8-4-5-9-12-11;/h4-7,9-13,15H,14H2,1-3H3;2-7,9-10H,1H2;1-6,8-9H;/q3*-1;. The fourth-order valence-corrected chi connectivity index (χ4v) is 5.73. The molecule has 0 N–H and O–H groups in total. The second-order valence-electron chi connectivity index (χ2n) is 12.2. The zero-order valence-corrected chi connectivity index (χ0v) is 30.9. The second kappa shape index (κ2) is 17.3. The number of rotatable bonds is 5. The second-order valence-corrected chi connectivity index (χ2v) is 12.2. The average Bonchev–Trinajstić information content (AvgIpc) is 3.45. The van der Waals surface area contributed by atoms with E-state index in [0.29, 0.717) is 5.92 Å². The number of aryl methyl sites for hydroxylation is 1. The van der Waals surface area contributed by atoms with E-state index in [1.807, 2.05) is 108 Å². The van der Waals surface area contributed by atoms with Gasteiger partial charge in [0, 0.05) is 51.6 Å². The third-order valence-electron chi connectivity index (χ3n) is 8.02. The molecule has 4 nitrogen and oxygen atoms in total. The monoisotopic (exact) mass is 828 g/mol. The number of hydrogen-bond donors (Lipinski definition) is 0. The number of pyridine rings is 3. The molecule has 0 aliphatic carbocycles. The Morgan fingerprint density at radius 2 is 1.36 bits per heavy atom. The maximum Gasteiger partial charge on any atom is 0.115 e. The molecule has 0 spiro atoms. The quantitative estimate of drug-likeness (QED) is 0.128. The average molecular weight is 828 g/mol. The van der Waals surface area contributed by atoms with Gasteiger partial charge < -0.3 is 19.1 Å². The smallest absolute Gasteiger partial charge is 0.115 e. The van der Waals surface area contributed by atoms with Crippen molar-refractivity contribution in [2.45, 2.75) is 27.3 Å². The van der Waals surface area contributed by atoms with Gasteiger partial charge >= 0.3 is 0 Å². The number of para-hydroxylation sites is 1. The van der Waals surface area contributed by atoms with Crippen LogP contribution >= 0.6 is 0 Å². The van der Waals surface area contributed by atoms with E-state index < -0.39 is 0 Å². The van der Waals surface area contributed by atoms with Gasteiger partial charge in [-0.1, -0.05) is 78.9 Å². The molecule has 50 heavy (non-hydrogen) atoms. The van der Waals surface area contributed by atoms with Gasteiger partial charge in [0.2, 0.25) is 0 Å². The molecular weight excluding hydrogens is 789 g/mol. The Morgan fingerprint density at radius 3 is 2.04 bits per heavy atom. The van der Waals surface area contributed by atoms with Gasteiger partial charge in [-0.3, -0.25) is 0 Å². The van der Waals surface area contributed by atoms with Crippen LogP contribution in [0, 0.1) is 38.1 Å². The summed E-state index contributed by atoms with van der Waals surface area (Å²) in [6.07, 6.45) is 5.58. The Hall–Kier alpha value is -5.35. The summed E-state index contributed by atoms with van der Waals surface area (Å²) < 4.78 is 4.27. The van der Waals surface area contributed by atoms with E-state index in [1.165, 1.54) is 27.4 Å². The largest absolute Gasteiger partial charge is 0.358 e. The van der Waals surface area contributed by atoms with Crippen LogP contribution in [0.15, 0.2) is 152 Å². The number of hydrogen-bond acceptors (Lipinski definition) is 2. The first-order chi connectivity index (χ1) is 24.0. The molecule has 8 aromatic rings. The summed E-state index contributed by atoms with van der Waals surface area (Å²) in [6.45, 7) is 7.63. The molecule has 1 radical (unpaired) electrons. The van der Waals surface area contributed by atoms with Gasteiger partial charge in [0.15, 0.2) is 0 Å². The van der Waals surface area contributed by atoms with Crippen LogP contribution in [0.4, 0.5) is 0 Å². The number of aromatic nitrogens is 4. The summed E-state index contributed by atoms with van der Waals surface area (Å²) in [6, 6.07) is 54.4. The molecule has 0 amide bonds. The summed E-state index contributed by atoms with van der Waals surface area (Å²) in [5, 5.41) is 2.57. The Balaban J connectivity index is 0.000000158. The van der Waals surface area contributed by atoms with Crippen LogP contribution in [-0.2, 0) is 26.7 Å². The van der Waals surface area contributed by atoms with Crippen molar-refractivity contribution < 1.29 is 24.7 Å². The van der Waals surface area contributed by atoms with E-state index >= 15 is 0 Å². The van der Waals surface area contributed by atoms with Gasteiger partial charge in [0.1, 0.15) is 5.69 Å². The fourth-order valence-electron chi connectivity index (χ4n) is 5.73. The van der Waals surface area contributed by atoms with Crippen LogP contribution in [0.2, 0.25) is 0 Å². The normalized spacial score (nSPS) is 10.5. The van der Waals surface area contributed by atoms with E-state index in [2.05, 4.69) is 103 Å². The number of benzene rings is 4. The van der Waals surface area contributed by atoms with Gasteiger partial charge in [0.05, 0.1) is 6.20 Å². The first-order valence-corrected chi connectivity index (χ1v) is 16.5. The first kappa shape index (κ1) is 35.9. The fraction of sp³-hybridized carbons (Fsp3) is 0.111. The molecule has 251 valence electrons. The van der Waals surface area contributed by atoms with E-state index in [1.54, 1.807) is 6.20 Å². The predicted octanol–water partition coefficient (Wildman–Crippen LogP) is 10.2. The zero-order chi connectivity index (χ0) is 34.0. The van der Waals surface area contributed by atoms with Crippen molar-refractivity contribution in [3.05, 3.63) is 183 Å². The van der Waals surface area contributed by atoms with E-state index in [0.717, 1.165) is 40.3 Å². The molecule has 4 aromatic heterocycles. The van der Waals surface area contributed by atoms with Crippen LogP contribution in [0.3, 0.4) is 0 Å². The Labute approximate surface area is 309 Å². The Kier molecular flexibility index (Phi) is 12.5. The van der Waals surface area contributed by atoms with Crippen molar-refractivity contribution in [3.8, 4) is 33.8 Å². The van der Waals surface area contributed by atoms with E-state index in [9.17, 15) is 0 Å². The molecular formula is C45H39IrN4-3. The maximum absolute atomic E-state index is 4.52. The van der Waals surface area contributed by atoms with Gasteiger partial charge in [0.25, 0.3) is 0 Å². The molecule has 0 aliphatic heterocycles. The van der Waals surface area contributed by atoms with Crippen LogP contribution in [0.25, 0.3) is 55.6 Å². The summed E-state index contributed by atoms with van der Waals surface area (Å²) in [7, 11) is 3.89. The molecule has 5 heteroatoms. The number of fused-ring (bicyclic) bond motifs is 3. The van der Waals surface area contributed by atoms with Crippen molar-refractivity contribution in [2.24, 2.45) is 5.92 Å². The molecule has 4 aromatic carbocycles. The van der Waals surface area contributed by atoms with Crippen molar-refractivity contribution in [3.63, 3.8) is 0 Å². The zero-order valence-electron chi connectivity index (χ0n) is 28.5. The van der Waals surface area contributed by atoms with Gasteiger partial charge in [-0.15, -0.1) is 90.0 Å². The minimum absolute atomic E-state index is 0. The van der Waals surface area contributed by atoms with Crippen LogP contribution in [0.1, 0.15) is 19.4 Å². The van der Waals surface area contributed by atoms with Crippen LogP contribution < -0.4 is 4.57 Å². The summed E-state index contributed by atoms with van der Waals surface area (Å²) >= 11 is 0. The molecule has 0 fully saturated rings. The van der Waals surface area contributed by atoms with Crippen molar-refractivity contribution in [1.82, 2.24) is 14.5 Å².